The number of rotatable bonds is 4. The van der Waals surface area contributed by atoms with E-state index in [1.165, 1.54) is 36.5 Å². The molecule has 0 unspecified atom stereocenters. The molecule has 0 bridgehead atoms. The van der Waals surface area contributed by atoms with Crippen LogP contribution in [0.5, 0.6) is 0 Å². The van der Waals surface area contributed by atoms with Crippen LogP contribution in [0.4, 0.5) is 0 Å². The molecule has 0 atom stereocenters. The van der Waals surface area contributed by atoms with Crippen molar-refractivity contribution in [2.24, 2.45) is 0 Å². The zero-order chi connectivity index (χ0) is 27.2. The molecule has 6 aromatic carbocycles. The Kier molecular flexibility index (Phi) is 5.64. The van der Waals surface area contributed by atoms with E-state index in [0.717, 1.165) is 22.3 Å². The molecule has 0 saturated heterocycles. The molecule has 3 nitrogen and oxygen atoms in total. The van der Waals surface area contributed by atoms with E-state index in [2.05, 4.69) is 78.9 Å². The third-order valence-electron chi connectivity index (χ3n) is 7.50. The third kappa shape index (κ3) is 4.17. The van der Waals surface area contributed by atoms with E-state index in [-0.39, 0.29) is 0 Å². The number of hydrogen-bond donors (Lipinski definition) is 0. The number of aromatic nitrogens is 3. The molecule has 0 fully saturated rings. The largest absolute Gasteiger partial charge is 0.208 e. The second-order valence-corrected chi connectivity index (χ2v) is 11.1. The number of hydrogen-bond acceptors (Lipinski definition) is 4. The monoisotopic (exact) mass is 541 g/mol. The molecule has 0 spiro atoms. The van der Waals surface area contributed by atoms with E-state index < -0.39 is 0 Å². The predicted octanol–water partition coefficient (Wildman–Crippen LogP) is 10.1. The van der Waals surface area contributed by atoms with E-state index in [4.69, 9.17) is 15.0 Å². The second kappa shape index (κ2) is 9.77. The van der Waals surface area contributed by atoms with Crippen molar-refractivity contribution in [2.45, 2.75) is 0 Å². The van der Waals surface area contributed by atoms with Crippen LogP contribution >= 0.6 is 11.3 Å². The fraction of sp³-hybridized carbons (Fsp3) is 0. The lowest BCUT2D eigenvalue weighted by atomic mass is 9.92. The minimum absolute atomic E-state index is 0.659. The summed E-state index contributed by atoms with van der Waals surface area (Å²) in [5.74, 6) is 1.98. The van der Waals surface area contributed by atoms with Crippen molar-refractivity contribution >= 4 is 42.3 Å². The van der Waals surface area contributed by atoms with Gasteiger partial charge in [-0.2, -0.15) is 0 Å². The number of benzene rings is 6. The Balaban J connectivity index is 1.38. The van der Waals surface area contributed by atoms with Gasteiger partial charge in [-0.15, -0.1) is 11.3 Å². The molecule has 0 N–H and O–H groups in total. The minimum Gasteiger partial charge on any atom is -0.208 e. The molecule has 4 heteroatoms. The maximum Gasteiger partial charge on any atom is 0.164 e. The summed E-state index contributed by atoms with van der Waals surface area (Å²) in [6.45, 7) is 0. The Hall–Kier alpha value is -5.19. The SMILES string of the molecule is c1ccc(-c2nc(-c3ccccc3)nc(-c3cccc(-c4c5ccccc5cc5sc6ccccc6c45)c3)n2)cc1. The highest BCUT2D eigenvalue weighted by atomic mass is 32.1. The summed E-state index contributed by atoms with van der Waals surface area (Å²) < 4.78 is 2.59. The summed E-state index contributed by atoms with van der Waals surface area (Å²) in [5.41, 5.74) is 5.28. The lowest BCUT2D eigenvalue weighted by Crippen LogP contribution is -2.00. The molecule has 0 aliphatic heterocycles. The molecule has 0 aliphatic carbocycles. The van der Waals surface area contributed by atoms with Crippen LogP contribution in [0.1, 0.15) is 0 Å². The number of fused-ring (bicyclic) bond motifs is 4. The topological polar surface area (TPSA) is 38.7 Å². The Morgan fingerprint density at radius 1 is 0.390 bits per heavy atom. The fourth-order valence-corrected chi connectivity index (χ4v) is 6.77. The Bertz CT molecular complexity index is 2140. The molecule has 0 aliphatic rings. The van der Waals surface area contributed by atoms with Crippen molar-refractivity contribution < 1.29 is 0 Å². The first-order chi connectivity index (χ1) is 20.3. The van der Waals surface area contributed by atoms with Gasteiger partial charge in [0.1, 0.15) is 0 Å². The first kappa shape index (κ1) is 23.7. The molecule has 8 aromatic rings. The van der Waals surface area contributed by atoms with Gasteiger partial charge >= 0.3 is 0 Å². The van der Waals surface area contributed by atoms with Crippen molar-refractivity contribution in [1.29, 1.82) is 0 Å². The summed E-state index contributed by atoms with van der Waals surface area (Å²) in [6, 6.07) is 48.6. The third-order valence-corrected chi connectivity index (χ3v) is 8.62. The highest BCUT2D eigenvalue weighted by molar-refractivity contribution is 7.26. The Labute approximate surface area is 241 Å². The van der Waals surface area contributed by atoms with Gasteiger partial charge in [-0.3, -0.25) is 0 Å². The summed E-state index contributed by atoms with van der Waals surface area (Å²) in [7, 11) is 0. The van der Waals surface area contributed by atoms with Crippen molar-refractivity contribution in [3.63, 3.8) is 0 Å². The maximum atomic E-state index is 4.98. The van der Waals surface area contributed by atoms with Gasteiger partial charge in [-0.05, 0) is 40.1 Å². The van der Waals surface area contributed by atoms with Crippen molar-refractivity contribution in [2.75, 3.05) is 0 Å². The summed E-state index contributed by atoms with van der Waals surface area (Å²) in [5, 5.41) is 5.07. The van der Waals surface area contributed by atoms with E-state index >= 15 is 0 Å². The van der Waals surface area contributed by atoms with Crippen LogP contribution in [0.2, 0.25) is 0 Å². The molecule has 0 amide bonds. The Morgan fingerprint density at radius 3 is 1.63 bits per heavy atom. The number of nitrogens with zero attached hydrogens (tertiary/aromatic N) is 3. The maximum absolute atomic E-state index is 4.98. The molecular formula is C37H23N3S. The van der Waals surface area contributed by atoms with Gasteiger partial charge < -0.3 is 0 Å². The molecule has 192 valence electrons. The number of thiophene rings is 1. The Morgan fingerprint density at radius 2 is 0.927 bits per heavy atom. The van der Waals surface area contributed by atoms with Gasteiger partial charge in [0, 0.05) is 36.9 Å². The van der Waals surface area contributed by atoms with Gasteiger partial charge in [-0.25, -0.2) is 15.0 Å². The van der Waals surface area contributed by atoms with Gasteiger partial charge in [-0.1, -0.05) is 121 Å². The molecule has 2 heterocycles. The summed E-state index contributed by atoms with van der Waals surface area (Å²) >= 11 is 1.85. The van der Waals surface area contributed by atoms with E-state index in [0.29, 0.717) is 17.5 Å². The molecule has 41 heavy (non-hydrogen) atoms. The molecular weight excluding hydrogens is 518 g/mol. The molecule has 0 saturated carbocycles. The van der Waals surface area contributed by atoms with Crippen LogP contribution in [0.3, 0.4) is 0 Å². The van der Waals surface area contributed by atoms with E-state index in [9.17, 15) is 0 Å². The molecule has 2 aromatic heterocycles. The average molecular weight is 542 g/mol. The van der Waals surface area contributed by atoms with Crippen LogP contribution in [-0.2, 0) is 0 Å². The molecule has 8 rings (SSSR count). The normalized spacial score (nSPS) is 11.4. The first-order valence-electron chi connectivity index (χ1n) is 13.6. The van der Waals surface area contributed by atoms with Gasteiger partial charge in [0.25, 0.3) is 0 Å². The van der Waals surface area contributed by atoms with Crippen molar-refractivity contribution in [3.8, 4) is 45.3 Å². The lowest BCUT2D eigenvalue weighted by Gasteiger charge is -2.12. The van der Waals surface area contributed by atoms with E-state index in [1.807, 2.05) is 72.0 Å². The second-order valence-electron chi connectivity index (χ2n) is 10.1. The van der Waals surface area contributed by atoms with Crippen LogP contribution in [0, 0.1) is 0 Å². The zero-order valence-corrected chi connectivity index (χ0v) is 22.8. The predicted molar refractivity (Wildman–Crippen MR) is 172 cm³/mol. The fourth-order valence-electron chi connectivity index (χ4n) is 5.60. The summed E-state index contributed by atoms with van der Waals surface area (Å²) in [6.07, 6.45) is 0. The smallest absolute Gasteiger partial charge is 0.164 e. The van der Waals surface area contributed by atoms with Crippen LogP contribution in [-0.4, -0.2) is 15.0 Å². The van der Waals surface area contributed by atoms with Crippen LogP contribution in [0.15, 0.2) is 140 Å². The molecule has 0 radical (unpaired) electrons. The lowest BCUT2D eigenvalue weighted by molar-refractivity contribution is 1.07. The van der Waals surface area contributed by atoms with Crippen LogP contribution in [0.25, 0.3) is 76.2 Å². The highest BCUT2D eigenvalue weighted by Gasteiger charge is 2.17. The van der Waals surface area contributed by atoms with E-state index in [1.54, 1.807) is 0 Å². The van der Waals surface area contributed by atoms with Gasteiger partial charge in [0.2, 0.25) is 0 Å². The zero-order valence-electron chi connectivity index (χ0n) is 22.0. The van der Waals surface area contributed by atoms with Crippen molar-refractivity contribution in [1.82, 2.24) is 15.0 Å². The van der Waals surface area contributed by atoms with Crippen molar-refractivity contribution in [3.05, 3.63) is 140 Å². The first-order valence-corrected chi connectivity index (χ1v) is 14.4. The summed E-state index contributed by atoms with van der Waals surface area (Å²) in [4.78, 5) is 14.8. The average Bonchev–Trinajstić information content (AvgIpc) is 3.42. The van der Waals surface area contributed by atoms with Gasteiger partial charge in [0.15, 0.2) is 17.5 Å². The highest BCUT2D eigenvalue weighted by Crippen LogP contribution is 2.44. The minimum atomic E-state index is 0.659. The van der Waals surface area contributed by atoms with Gasteiger partial charge in [0.05, 0.1) is 0 Å². The standard InChI is InChI=1S/C37H23N3S/c1-3-12-24(13-4-1)35-38-36(25-14-5-2-6-15-25)40-37(39-35)28-18-11-17-27(22-28)33-29-19-8-7-16-26(29)23-32-34(33)30-20-9-10-21-31(30)41-32/h1-23H. The van der Waals surface area contributed by atoms with Crippen LogP contribution < -0.4 is 0 Å². The quantitative estimate of drug-likeness (QED) is 0.222.